The molecule has 0 N–H and O–H groups in total. The van der Waals surface area contributed by atoms with E-state index in [9.17, 15) is 9.18 Å². The van der Waals surface area contributed by atoms with E-state index in [0.29, 0.717) is 43.9 Å². The minimum absolute atomic E-state index is 0.174. The summed E-state index contributed by atoms with van der Waals surface area (Å²) in [5.41, 5.74) is 0.828. The summed E-state index contributed by atoms with van der Waals surface area (Å²) in [6.45, 7) is 4.48. The Morgan fingerprint density at radius 3 is 2.60 bits per heavy atom. The van der Waals surface area contributed by atoms with Gasteiger partial charge in [-0.05, 0) is 24.6 Å². The highest BCUT2D eigenvalue weighted by atomic mass is 19.1. The Labute approximate surface area is 118 Å². The first-order chi connectivity index (χ1) is 9.65. The molecule has 0 radical (unpaired) electrons. The van der Waals surface area contributed by atoms with Gasteiger partial charge in [0.05, 0.1) is 17.3 Å². The SMILES string of the molecule is CCCC(=O)N1CCN(c2ccc(C#N)cc2F)CC1. The number of nitriles is 1. The third-order valence-corrected chi connectivity index (χ3v) is 3.51. The molecule has 1 aromatic carbocycles. The number of benzene rings is 1. The Bertz CT molecular complexity index is 530. The van der Waals surface area contributed by atoms with E-state index in [2.05, 4.69) is 0 Å². The van der Waals surface area contributed by atoms with Crippen LogP contribution in [0.25, 0.3) is 0 Å². The van der Waals surface area contributed by atoms with Crippen LogP contribution in [0.2, 0.25) is 0 Å². The quantitative estimate of drug-likeness (QED) is 0.849. The van der Waals surface area contributed by atoms with Gasteiger partial charge in [0, 0.05) is 32.6 Å². The van der Waals surface area contributed by atoms with E-state index >= 15 is 0 Å². The van der Waals surface area contributed by atoms with Gasteiger partial charge in [0.2, 0.25) is 5.91 Å². The molecule has 1 heterocycles. The van der Waals surface area contributed by atoms with Gasteiger partial charge < -0.3 is 9.80 Å². The second-order valence-electron chi connectivity index (χ2n) is 4.90. The summed E-state index contributed by atoms with van der Waals surface area (Å²) in [5, 5.41) is 8.74. The Morgan fingerprint density at radius 1 is 1.35 bits per heavy atom. The van der Waals surface area contributed by atoms with Crippen molar-refractivity contribution in [2.45, 2.75) is 19.8 Å². The van der Waals surface area contributed by atoms with Crippen LogP contribution >= 0.6 is 0 Å². The Kier molecular flexibility index (Phi) is 4.57. The molecule has 0 unspecified atom stereocenters. The lowest BCUT2D eigenvalue weighted by Crippen LogP contribution is -2.49. The van der Waals surface area contributed by atoms with Gasteiger partial charge in [0.25, 0.3) is 0 Å². The molecule has 5 heteroatoms. The third kappa shape index (κ3) is 3.08. The fraction of sp³-hybridized carbons (Fsp3) is 0.467. The number of nitrogens with zero attached hydrogens (tertiary/aromatic N) is 3. The van der Waals surface area contributed by atoms with E-state index in [0.717, 1.165) is 6.42 Å². The molecule has 106 valence electrons. The van der Waals surface area contributed by atoms with Crippen LogP contribution in [0.4, 0.5) is 10.1 Å². The second kappa shape index (κ2) is 6.38. The Morgan fingerprint density at radius 2 is 2.05 bits per heavy atom. The summed E-state index contributed by atoms with van der Waals surface area (Å²) in [4.78, 5) is 15.5. The molecule has 1 aromatic rings. The van der Waals surface area contributed by atoms with Crippen LogP contribution in [0, 0.1) is 17.1 Å². The van der Waals surface area contributed by atoms with Crippen LogP contribution in [0.1, 0.15) is 25.3 Å². The molecular weight excluding hydrogens is 257 g/mol. The van der Waals surface area contributed by atoms with Crippen molar-refractivity contribution in [2.75, 3.05) is 31.1 Å². The summed E-state index contributed by atoms with van der Waals surface area (Å²) in [7, 11) is 0. The average molecular weight is 275 g/mol. The first-order valence-electron chi connectivity index (χ1n) is 6.88. The molecule has 4 nitrogen and oxygen atoms in total. The van der Waals surface area contributed by atoms with Crippen LogP contribution in [0.5, 0.6) is 0 Å². The molecule has 0 aliphatic carbocycles. The number of carbonyl (C=O) groups is 1. The molecule has 1 saturated heterocycles. The summed E-state index contributed by atoms with van der Waals surface area (Å²) in [6.07, 6.45) is 1.43. The highest BCUT2D eigenvalue weighted by molar-refractivity contribution is 5.76. The summed E-state index contributed by atoms with van der Waals surface area (Å²) >= 11 is 0. The molecular formula is C15H18FN3O. The van der Waals surface area contributed by atoms with Crippen molar-refractivity contribution in [1.29, 1.82) is 5.26 Å². The van der Waals surface area contributed by atoms with Gasteiger partial charge in [0.15, 0.2) is 0 Å². The first kappa shape index (κ1) is 14.3. The van der Waals surface area contributed by atoms with Gasteiger partial charge in [-0.15, -0.1) is 0 Å². The molecule has 1 fully saturated rings. The average Bonchev–Trinajstić information content (AvgIpc) is 2.47. The number of anilines is 1. The lowest BCUT2D eigenvalue weighted by molar-refractivity contribution is -0.131. The number of hydrogen-bond acceptors (Lipinski definition) is 3. The van der Waals surface area contributed by atoms with Crippen molar-refractivity contribution in [3.8, 4) is 6.07 Å². The predicted octanol–water partition coefficient (Wildman–Crippen LogP) is 2.15. The molecule has 0 spiro atoms. The van der Waals surface area contributed by atoms with Gasteiger partial charge >= 0.3 is 0 Å². The lowest BCUT2D eigenvalue weighted by Gasteiger charge is -2.36. The van der Waals surface area contributed by atoms with E-state index < -0.39 is 0 Å². The molecule has 0 aromatic heterocycles. The number of carbonyl (C=O) groups excluding carboxylic acids is 1. The molecule has 0 bridgehead atoms. The Balaban J connectivity index is 2.01. The smallest absolute Gasteiger partial charge is 0.222 e. The van der Waals surface area contributed by atoms with Gasteiger partial charge in [-0.2, -0.15) is 5.26 Å². The molecule has 1 aliphatic rings. The van der Waals surface area contributed by atoms with Crippen molar-refractivity contribution >= 4 is 11.6 Å². The molecule has 0 atom stereocenters. The largest absolute Gasteiger partial charge is 0.366 e. The number of piperazine rings is 1. The fourth-order valence-electron chi connectivity index (χ4n) is 2.40. The van der Waals surface area contributed by atoms with Crippen molar-refractivity contribution in [2.24, 2.45) is 0 Å². The zero-order chi connectivity index (χ0) is 14.5. The fourth-order valence-corrected chi connectivity index (χ4v) is 2.40. The maximum absolute atomic E-state index is 13.9. The number of amides is 1. The number of hydrogen-bond donors (Lipinski definition) is 0. The maximum Gasteiger partial charge on any atom is 0.222 e. The minimum atomic E-state index is -0.377. The second-order valence-corrected chi connectivity index (χ2v) is 4.90. The van der Waals surface area contributed by atoms with Gasteiger partial charge in [-0.3, -0.25) is 4.79 Å². The predicted molar refractivity (Wildman–Crippen MR) is 74.8 cm³/mol. The van der Waals surface area contributed by atoms with E-state index in [1.807, 2.05) is 22.8 Å². The van der Waals surface area contributed by atoms with Crippen molar-refractivity contribution in [3.05, 3.63) is 29.6 Å². The summed E-state index contributed by atoms with van der Waals surface area (Å²) in [6, 6.07) is 6.43. The molecule has 1 amide bonds. The van der Waals surface area contributed by atoms with Gasteiger partial charge in [-0.1, -0.05) is 6.92 Å². The van der Waals surface area contributed by atoms with Crippen molar-refractivity contribution < 1.29 is 9.18 Å². The molecule has 0 saturated carbocycles. The zero-order valence-corrected chi connectivity index (χ0v) is 11.6. The van der Waals surface area contributed by atoms with E-state index in [-0.39, 0.29) is 11.7 Å². The normalized spacial score (nSPS) is 15.1. The van der Waals surface area contributed by atoms with Gasteiger partial charge in [-0.25, -0.2) is 4.39 Å². The van der Waals surface area contributed by atoms with Crippen LogP contribution < -0.4 is 4.90 Å². The highest BCUT2D eigenvalue weighted by Gasteiger charge is 2.22. The monoisotopic (exact) mass is 275 g/mol. The van der Waals surface area contributed by atoms with Crippen LogP contribution in [0.3, 0.4) is 0 Å². The highest BCUT2D eigenvalue weighted by Crippen LogP contribution is 2.22. The molecule has 2 rings (SSSR count). The first-order valence-corrected chi connectivity index (χ1v) is 6.88. The topological polar surface area (TPSA) is 47.3 Å². The Hall–Kier alpha value is -2.09. The van der Waals surface area contributed by atoms with E-state index in [4.69, 9.17) is 5.26 Å². The van der Waals surface area contributed by atoms with Crippen molar-refractivity contribution in [3.63, 3.8) is 0 Å². The summed E-state index contributed by atoms with van der Waals surface area (Å²) < 4.78 is 13.9. The van der Waals surface area contributed by atoms with Crippen molar-refractivity contribution in [1.82, 2.24) is 4.90 Å². The minimum Gasteiger partial charge on any atom is -0.366 e. The number of halogens is 1. The zero-order valence-electron chi connectivity index (χ0n) is 11.6. The lowest BCUT2D eigenvalue weighted by atomic mass is 10.1. The van der Waals surface area contributed by atoms with Gasteiger partial charge in [0.1, 0.15) is 5.82 Å². The van der Waals surface area contributed by atoms with Crippen LogP contribution in [0.15, 0.2) is 18.2 Å². The standard InChI is InChI=1S/C15H18FN3O/c1-2-3-15(20)19-8-6-18(7-9-19)14-5-4-12(11-17)10-13(14)16/h4-5,10H,2-3,6-9H2,1H3. The van der Waals surface area contributed by atoms with E-state index in [1.54, 1.807) is 12.1 Å². The third-order valence-electron chi connectivity index (χ3n) is 3.51. The number of rotatable bonds is 3. The van der Waals surface area contributed by atoms with Crippen LogP contribution in [-0.4, -0.2) is 37.0 Å². The molecule has 20 heavy (non-hydrogen) atoms. The maximum atomic E-state index is 13.9. The van der Waals surface area contributed by atoms with Crippen LogP contribution in [-0.2, 0) is 4.79 Å². The van der Waals surface area contributed by atoms with E-state index in [1.165, 1.54) is 6.07 Å². The molecule has 1 aliphatic heterocycles. The summed E-state index contributed by atoms with van der Waals surface area (Å²) in [5.74, 6) is -0.204.